The molecule has 4 nitrogen and oxygen atoms in total. The predicted octanol–water partition coefficient (Wildman–Crippen LogP) is 4.47. The lowest BCUT2D eigenvalue weighted by molar-refractivity contribution is 0.0698. The highest BCUT2D eigenvalue weighted by Crippen LogP contribution is 2.34. The Morgan fingerprint density at radius 1 is 1.38 bits per heavy atom. The van der Waals surface area contributed by atoms with Crippen LogP contribution in [-0.2, 0) is 0 Å². The Hall–Kier alpha value is -1.72. The van der Waals surface area contributed by atoms with Gasteiger partial charge in [0.05, 0.1) is 16.3 Å². The standard InChI is InChI=1S/C15H17ClN2O2S/c1-7-4-11(9(3)21-7)8(2)18-14-12(15(19)20)5-10(17)6-13(14)16/h4-6,8,18H,17H2,1-3H3,(H,19,20). The molecule has 0 saturated carbocycles. The molecule has 1 unspecified atom stereocenters. The number of carboxylic acid groups (broad SMARTS) is 1. The van der Waals surface area contributed by atoms with E-state index in [0.29, 0.717) is 16.4 Å². The Kier molecular flexibility index (Phi) is 4.44. The van der Waals surface area contributed by atoms with E-state index < -0.39 is 5.97 Å². The molecule has 0 radical (unpaired) electrons. The predicted molar refractivity (Wildman–Crippen MR) is 88.7 cm³/mol. The first-order valence-electron chi connectivity index (χ1n) is 6.45. The van der Waals surface area contributed by atoms with Crippen LogP contribution < -0.4 is 11.1 Å². The lowest BCUT2D eigenvalue weighted by atomic mass is 10.1. The third-order valence-electron chi connectivity index (χ3n) is 3.25. The summed E-state index contributed by atoms with van der Waals surface area (Å²) in [7, 11) is 0. The number of aryl methyl sites for hydroxylation is 2. The Morgan fingerprint density at radius 2 is 2.05 bits per heavy atom. The molecule has 0 amide bonds. The number of nitrogen functional groups attached to an aromatic ring is 1. The summed E-state index contributed by atoms with van der Waals surface area (Å²) in [6.45, 7) is 6.08. The number of rotatable bonds is 4. The Balaban J connectivity index is 2.39. The fraction of sp³-hybridized carbons (Fsp3) is 0.267. The molecule has 1 aromatic heterocycles. The number of aromatic carboxylic acids is 1. The summed E-state index contributed by atoms with van der Waals surface area (Å²) < 4.78 is 0. The second-order valence-electron chi connectivity index (χ2n) is 4.97. The van der Waals surface area contributed by atoms with Gasteiger partial charge >= 0.3 is 5.97 Å². The molecular formula is C15H17ClN2O2S. The molecule has 1 aromatic carbocycles. The zero-order valence-corrected chi connectivity index (χ0v) is 13.6. The van der Waals surface area contributed by atoms with Gasteiger partial charge < -0.3 is 16.2 Å². The van der Waals surface area contributed by atoms with E-state index in [1.165, 1.54) is 15.8 Å². The van der Waals surface area contributed by atoms with E-state index in [4.69, 9.17) is 17.3 Å². The molecule has 112 valence electrons. The van der Waals surface area contributed by atoms with E-state index in [9.17, 15) is 9.90 Å². The molecule has 0 aliphatic rings. The van der Waals surface area contributed by atoms with Crippen LogP contribution in [0.25, 0.3) is 0 Å². The number of hydrogen-bond donors (Lipinski definition) is 3. The zero-order valence-electron chi connectivity index (χ0n) is 12.0. The quantitative estimate of drug-likeness (QED) is 0.725. The van der Waals surface area contributed by atoms with Crippen LogP contribution in [0.3, 0.4) is 0 Å². The van der Waals surface area contributed by atoms with Crippen molar-refractivity contribution in [3.8, 4) is 0 Å². The topological polar surface area (TPSA) is 75.3 Å². The number of nitrogens with two attached hydrogens (primary N) is 1. The summed E-state index contributed by atoms with van der Waals surface area (Å²) in [5.74, 6) is -1.06. The molecule has 0 saturated heterocycles. The lowest BCUT2D eigenvalue weighted by Gasteiger charge is -2.19. The minimum absolute atomic E-state index is 0.0471. The van der Waals surface area contributed by atoms with Gasteiger partial charge in [-0.2, -0.15) is 0 Å². The lowest BCUT2D eigenvalue weighted by Crippen LogP contribution is -2.12. The van der Waals surface area contributed by atoms with Crippen molar-refractivity contribution >= 4 is 40.3 Å². The summed E-state index contributed by atoms with van der Waals surface area (Å²) in [6.07, 6.45) is 0. The molecular weight excluding hydrogens is 308 g/mol. The molecule has 0 spiro atoms. The normalized spacial score (nSPS) is 12.2. The molecule has 0 fully saturated rings. The highest BCUT2D eigenvalue weighted by molar-refractivity contribution is 7.12. The fourth-order valence-electron chi connectivity index (χ4n) is 2.32. The number of carbonyl (C=O) groups is 1. The smallest absolute Gasteiger partial charge is 0.337 e. The van der Waals surface area contributed by atoms with E-state index in [1.807, 2.05) is 20.8 Å². The Morgan fingerprint density at radius 3 is 2.57 bits per heavy atom. The zero-order chi connectivity index (χ0) is 15.7. The van der Waals surface area contributed by atoms with Gasteiger partial charge in [-0.25, -0.2) is 4.79 Å². The maximum Gasteiger partial charge on any atom is 0.337 e. The van der Waals surface area contributed by atoms with Crippen LogP contribution in [0.1, 0.15) is 38.6 Å². The van der Waals surface area contributed by atoms with Crippen LogP contribution >= 0.6 is 22.9 Å². The molecule has 0 bridgehead atoms. The minimum Gasteiger partial charge on any atom is -0.478 e. The van der Waals surface area contributed by atoms with Crippen molar-refractivity contribution in [2.45, 2.75) is 26.8 Å². The number of benzene rings is 1. The SMILES string of the molecule is Cc1cc(C(C)Nc2c(Cl)cc(N)cc2C(=O)O)c(C)s1. The summed E-state index contributed by atoms with van der Waals surface area (Å²) in [4.78, 5) is 13.8. The average Bonchev–Trinajstić information content (AvgIpc) is 2.71. The van der Waals surface area contributed by atoms with Crippen molar-refractivity contribution in [3.63, 3.8) is 0 Å². The number of halogens is 1. The molecule has 1 heterocycles. The summed E-state index contributed by atoms with van der Waals surface area (Å²) in [5.41, 5.74) is 7.61. The highest BCUT2D eigenvalue weighted by atomic mass is 35.5. The number of nitrogens with one attached hydrogen (secondary N) is 1. The summed E-state index contributed by atoms with van der Waals surface area (Å²) >= 11 is 7.87. The first-order valence-corrected chi connectivity index (χ1v) is 7.64. The molecule has 0 aliphatic heterocycles. The van der Waals surface area contributed by atoms with Crippen molar-refractivity contribution < 1.29 is 9.90 Å². The fourth-order valence-corrected chi connectivity index (χ4v) is 3.62. The number of thiophene rings is 1. The number of hydrogen-bond acceptors (Lipinski definition) is 4. The van der Waals surface area contributed by atoms with E-state index in [1.54, 1.807) is 17.4 Å². The summed E-state index contributed by atoms with van der Waals surface area (Å²) in [6, 6.07) is 5.02. The number of anilines is 2. The molecule has 1 atom stereocenters. The van der Waals surface area contributed by atoms with Crippen molar-refractivity contribution in [1.29, 1.82) is 0 Å². The molecule has 0 aliphatic carbocycles. The molecule has 21 heavy (non-hydrogen) atoms. The third kappa shape index (κ3) is 3.31. The van der Waals surface area contributed by atoms with Crippen molar-refractivity contribution in [2.24, 2.45) is 0 Å². The molecule has 2 rings (SSSR count). The minimum atomic E-state index is -1.06. The van der Waals surface area contributed by atoms with Crippen LogP contribution in [-0.4, -0.2) is 11.1 Å². The van der Waals surface area contributed by atoms with Crippen LogP contribution in [0, 0.1) is 13.8 Å². The first-order chi connectivity index (χ1) is 9.79. The maximum absolute atomic E-state index is 11.4. The maximum atomic E-state index is 11.4. The van der Waals surface area contributed by atoms with Gasteiger partial charge in [-0.3, -0.25) is 0 Å². The highest BCUT2D eigenvalue weighted by Gasteiger charge is 2.18. The van der Waals surface area contributed by atoms with Crippen molar-refractivity contribution in [1.82, 2.24) is 0 Å². The number of carboxylic acids is 1. The van der Waals surface area contributed by atoms with Gasteiger partial charge in [-0.1, -0.05) is 11.6 Å². The largest absolute Gasteiger partial charge is 0.478 e. The van der Waals surface area contributed by atoms with Gasteiger partial charge in [0.15, 0.2) is 0 Å². The third-order valence-corrected chi connectivity index (χ3v) is 4.53. The van der Waals surface area contributed by atoms with Crippen LogP contribution in [0.2, 0.25) is 5.02 Å². The van der Waals surface area contributed by atoms with Gasteiger partial charge in [-0.15, -0.1) is 11.3 Å². The van der Waals surface area contributed by atoms with Crippen LogP contribution in [0.5, 0.6) is 0 Å². The van der Waals surface area contributed by atoms with E-state index in [2.05, 4.69) is 11.4 Å². The average molecular weight is 325 g/mol. The van der Waals surface area contributed by atoms with Gasteiger partial charge in [0.1, 0.15) is 0 Å². The monoisotopic (exact) mass is 324 g/mol. The molecule has 6 heteroatoms. The van der Waals surface area contributed by atoms with Crippen molar-refractivity contribution in [2.75, 3.05) is 11.1 Å². The first kappa shape index (κ1) is 15.7. The van der Waals surface area contributed by atoms with E-state index in [-0.39, 0.29) is 11.6 Å². The van der Waals surface area contributed by atoms with Gasteiger partial charge in [0.25, 0.3) is 0 Å². The molecule has 4 N–H and O–H groups in total. The summed E-state index contributed by atoms with van der Waals surface area (Å²) in [5, 5.41) is 12.8. The van der Waals surface area contributed by atoms with Gasteiger partial charge in [-0.05, 0) is 44.5 Å². The Bertz CT molecular complexity index is 697. The van der Waals surface area contributed by atoms with Crippen LogP contribution in [0.15, 0.2) is 18.2 Å². The van der Waals surface area contributed by atoms with Gasteiger partial charge in [0, 0.05) is 21.5 Å². The second kappa shape index (κ2) is 5.95. The second-order valence-corrected chi connectivity index (χ2v) is 6.83. The van der Waals surface area contributed by atoms with E-state index in [0.717, 1.165) is 5.56 Å². The van der Waals surface area contributed by atoms with Gasteiger partial charge in [0.2, 0.25) is 0 Å². The van der Waals surface area contributed by atoms with E-state index >= 15 is 0 Å². The molecule has 2 aromatic rings. The Labute approximate surface area is 132 Å². The van der Waals surface area contributed by atoms with Crippen LogP contribution in [0.4, 0.5) is 11.4 Å². The van der Waals surface area contributed by atoms with Crippen molar-refractivity contribution in [3.05, 3.63) is 44.1 Å².